The topological polar surface area (TPSA) is 88.5 Å². The van der Waals surface area contributed by atoms with E-state index in [9.17, 15) is 4.79 Å². The number of rotatable bonds is 7. The van der Waals surface area contributed by atoms with Crippen molar-refractivity contribution < 1.29 is 4.79 Å². The highest BCUT2D eigenvalue weighted by molar-refractivity contribution is 5.80. The lowest BCUT2D eigenvalue weighted by Gasteiger charge is -2.09. The molecular formula is C22H22N6O. The predicted octanol–water partition coefficient (Wildman–Crippen LogP) is 3.35. The molecule has 0 radical (unpaired) electrons. The predicted molar refractivity (Wildman–Crippen MR) is 111 cm³/mol. The molecule has 0 saturated carbocycles. The molecule has 4 rings (SSSR count). The second kappa shape index (κ2) is 8.52. The Labute approximate surface area is 168 Å². The van der Waals surface area contributed by atoms with Gasteiger partial charge in [-0.3, -0.25) is 14.9 Å². The molecule has 0 aliphatic heterocycles. The zero-order valence-electron chi connectivity index (χ0n) is 16.2. The van der Waals surface area contributed by atoms with Gasteiger partial charge in [-0.2, -0.15) is 5.10 Å². The number of hydrogen-bond acceptors (Lipinski definition) is 4. The average molecular weight is 386 g/mol. The van der Waals surface area contributed by atoms with Crippen LogP contribution in [0.4, 0.5) is 0 Å². The van der Waals surface area contributed by atoms with Gasteiger partial charge in [0, 0.05) is 55.4 Å². The van der Waals surface area contributed by atoms with Crippen LogP contribution in [-0.4, -0.2) is 30.6 Å². The Hall–Kier alpha value is -3.74. The van der Waals surface area contributed by atoms with Crippen molar-refractivity contribution >= 4 is 5.91 Å². The van der Waals surface area contributed by atoms with Crippen molar-refractivity contribution in [1.82, 2.24) is 30.0 Å². The van der Waals surface area contributed by atoms with Crippen LogP contribution in [0.1, 0.15) is 17.8 Å². The van der Waals surface area contributed by atoms with Crippen LogP contribution in [0.3, 0.4) is 0 Å². The van der Waals surface area contributed by atoms with Gasteiger partial charge >= 0.3 is 0 Å². The van der Waals surface area contributed by atoms with Gasteiger partial charge in [0.05, 0.1) is 11.9 Å². The SMILES string of the molecule is Cc1nccn1CCC(=O)NCc1cccc(-c2[nH]ncc2-c2ccncc2)c1. The van der Waals surface area contributed by atoms with Crippen molar-refractivity contribution in [3.8, 4) is 22.4 Å². The van der Waals surface area contributed by atoms with Gasteiger partial charge in [-0.25, -0.2) is 4.98 Å². The Morgan fingerprint density at radius 2 is 2.00 bits per heavy atom. The number of imidazole rings is 1. The van der Waals surface area contributed by atoms with Crippen molar-refractivity contribution in [1.29, 1.82) is 0 Å². The Morgan fingerprint density at radius 3 is 2.79 bits per heavy atom. The van der Waals surface area contributed by atoms with Gasteiger partial charge < -0.3 is 9.88 Å². The van der Waals surface area contributed by atoms with Gasteiger partial charge in [0.15, 0.2) is 0 Å². The van der Waals surface area contributed by atoms with Crippen molar-refractivity contribution in [2.75, 3.05) is 0 Å². The van der Waals surface area contributed by atoms with Crippen molar-refractivity contribution in [2.24, 2.45) is 0 Å². The van der Waals surface area contributed by atoms with Gasteiger partial charge in [0.1, 0.15) is 5.82 Å². The summed E-state index contributed by atoms with van der Waals surface area (Å²) in [5.74, 6) is 0.928. The molecule has 7 heteroatoms. The third kappa shape index (κ3) is 4.40. The number of carbonyl (C=O) groups is 1. The van der Waals surface area contributed by atoms with Gasteiger partial charge in [0.2, 0.25) is 5.91 Å². The summed E-state index contributed by atoms with van der Waals surface area (Å²) in [5, 5.41) is 10.3. The smallest absolute Gasteiger partial charge is 0.222 e. The first kappa shape index (κ1) is 18.6. The Bertz CT molecular complexity index is 1100. The molecule has 1 amide bonds. The summed E-state index contributed by atoms with van der Waals surface area (Å²) in [7, 11) is 0. The van der Waals surface area contributed by atoms with E-state index in [2.05, 4.69) is 31.5 Å². The maximum Gasteiger partial charge on any atom is 0.222 e. The molecule has 0 bridgehead atoms. The summed E-state index contributed by atoms with van der Waals surface area (Å²) in [6.45, 7) is 3.04. The molecule has 4 aromatic rings. The molecule has 3 aromatic heterocycles. The molecule has 0 aliphatic rings. The van der Waals surface area contributed by atoms with Crippen LogP contribution in [0.25, 0.3) is 22.4 Å². The van der Waals surface area contributed by atoms with Crippen LogP contribution in [0.2, 0.25) is 0 Å². The number of nitrogens with zero attached hydrogens (tertiary/aromatic N) is 4. The lowest BCUT2D eigenvalue weighted by atomic mass is 10.0. The number of nitrogens with one attached hydrogen (secondary N) is 2. The van der Waals surface area contributed by atoms with E-state index < -0.39 is 0 Å². The third-order valence-electron chi connectivity index (χ3n) is 4.84. The van der Waals surface area contributed by atoms with E-state index in [1.54, 1.807) is 18.6 Å². The molecule has 0 unspecified atom stereocenters. The van der Waals surface area contributed by atoms with Gasteiger partial charge in [0.25, 0.3) is 0 Å². The lowest BCUT2D eigenvalue weighted by molar-refractivity contribution is -0.121. The first-order chi connectivity index (χ1) is 14.2. The minimum absolute atomic E-state index is 0.0162. The number of H-pyrrole nitrogens is 1. The van der Waals surface area contributed by atoms with E-state index >= 15 is 0 Å². The summed E-state index contributed by atoms with van der Waals surface area (Å²) in [5.41, 5.74) is 5.07. The molecule has 0 saturated heterocycles. The molecule has 0 aliphatic carbocycles. The fourth-order valence-electron chi connectivity index (χ4n) is 3.24. The van der Waals surface area contributed by atoms with Crippen LogP contribution in [0, 0.1) is 6.92 Å². The highest BCUT2D eigenvalue weighted by Gasteiger charge is 2.11. The van der Waals surface area contributed by atoms with Crippen LogP contribution >= 0.6 is 0 Å². The maximum absolute atomic E-state index is 12.2. The number of hydrogen-bond donors (Lipinski definition) is 2. The zero-order valence-corrected chi connectivity index (χ0v) is 16.2. The van der Waals surface area contributed by atoms with Crippen LogP contribution in [-0.2, 0) is 17.9 Å². The van der Waals surface area contributed by atoms with Crippen molar-refractivity contribution in [3.63, 3.8) is 0 Å². The molecule has 0 fully saturated rings. The highest BCUT2D eigenvalue weighted by atomic mass is 16.1. The molecule has 29 heavy (non-hydrogen) atoms. The largest absolute Gasteiger partial charge is 0.352 e. The molecule has 7 nitrogen and oxygen atoms in total. The van der Waals surface area contributed by atoms with Crippen LogP contribution in [0.5, 0.6) is 0 Å². The third-order valence-corrected chi connectivity index (χ3v) is 4.84. The average Bonchev–Trinajstić information content (AvgIpc) is 3.41. The zero-order chi connectivity index (χ0) is 20.1. The summed E-state index contributed by atoms with van der Waals surface area (Å²) in [6, 6.07) is 12.0. The number of amides is 1. The summed E-state index contributed by atoms with van der Waals surface area (Å²) in [4.78, 5) is 20.5. The minimum atomic E-state index is 0.0162. The summed E-state index contributed by atoms with van der Waals surface area (Å²) < 4.78 is 1.97. The first-order valence-electron chi connectivity index (χ1n) is 9.48. The first-order valence-corrected chi connectivity index (χ1v) is 9.48. The molecule has 0 spiro atoms. The number of pyridine rings is 1. The van der Waals surface area contributed by atoms with E-state index in [0.717, 1.165) is 33.8 Å². The number of aryl methyl sites for hydroxylation is 2. The van der Waals surface area contributed by atoms with E-state index in [0.29, 0.717) is 19.5 Å². The maximum atomic E-state index is 12.2. The van der Waals surface area contributed by atoms with Gasteiger partial charge in [-0.15, -0.1) is 0 Å². The quantitative estimate of drug-likeness (QED) is 0.510. The highest BCUT2D eigenvalue weighted by Crippen LogP contribution is 2.30. The normalized spacial score (nSPS) is 10.8. The van der Waals surface area contributed by atoms with E-state index in [-0.39, 0.29) is 5.91 Å². The molecule has 3 heterocycles. The summed E-state index contributed by atoms with van der Waals surface area (Å²) in [6.07, 6.45) is 9.40. The molecule has 146 valence electrons. The number of aromatic amines is 1. The van der Waals surface area contributed by atoms with E-state index in [1.807, 2.05) is 54.2 Å². The Morgan fingerprint density at radius 1 is 1.14 bits per heavy atom. The standard InChI is InChI=1S/C22H22N6O/c1-16-24-10-12-28(16)11-7-21(29)25-14-17-3-2-4-19(13-17)22-20(15-26-27-22)18-5-8-23-9-6-18/h2-6,8-10,12-13,15H,7,11,14H2,1H3,(H,25,29)(H,26,27). The second-order valence-electron chi connectivity index (χ2n) is 6.79. The van der Waals surface area contributed by atoms with Crippen molar-refractivity contribution in [3.05, 3.63) is 78.8 Å². The molecular weight excluding hydrogens is 364 g/mol. The minimum Gasteiger partial charge on any atom is -0.352 e. The van der Waals surface area contributed by atoms with Gasteiger partial charge in [-0.05, 0) is 36.2 Å². The molecule has 1 aromatic carbocycles. The van der Waals surface area contributed by atoms with E-state index in [4.69, 9.17) is 0 Å². The van der Waals surface area contributed by atoms with Crippen LogP contribution < -0.4 is 5.32 Å². The number of aromatic nitrogens is 5. The van der Waals surface area contributed by atoms with Crippen molar-refractivity contribution in [2.45, 2.75) is 26.4 Å². The summed E-state index contributed by atoms with van der Waals surface area (Å²) >= 11 is 0. The Balaban J connectivity index is 1.42. The number of carbonyl (C=O) groups excluding carboxylic acids is 1. The number of benzene rings is 1. The Kier molecular flexibility index (Phi) is 5.47. The van der Waals surface area contributed by atoms with Gasteiger partial charge in [-0.1, -0.05) is 18.2 Å². The fourth-order valence-corrected chi connectivity index (χ4v) is 3.24. The molecule has 0 atom stereocenters. The van der Waals surface area contributed by atoms with E-state index in [1.165, 1.54) is 0 Å². The monoisotopic (exact) mass is 386 g/mol. The fraction of sp³-hybridized carbons (Fsp3) is 0.182. The second-order valence-corrected chi connectivity index (χ2v) is 6.79. The molecule has 2 N–H and O–H groups in total. The lowest BCUT2D eigenvalue weighted by Crippen LogP contribution is -2.24. The van der Waals surface area contributed by atoms with Crippen LogP contribution in [0.15, 0.2) is 67.4 Å².